The van der Waals surface area contributed by atoms with Crippen molar-refractivity contribution >= 4 is 23.2 Å². The van der Waals surface area contributed by atoms with Gasteiger partial charge in [0.1, 0.15) is 0 Å². The lowest BCUT2D eigenvalue weighted by atomic mass is 10.0. The second-order valence-electron chi connectivity index (χ2n) is 9.71. The van der Waals surface area contributed by atoms with Crippen molar-refractivity contribution in [3.8, 4) is 0 Å². The van der Waals surface area contributed by atoms with Crippen molar-refractivity contribution in [1.82, 2.24) is 0 Å². The second-order valence-corrected chi connectivity index (χ2v) is 9.71. The molecular formula is C29H50N2O2. The Morgan fingerprint density at radius 3 is 1.52 bits per heavy atom. The van der Waals surface area contributed by atoms with Crippen molar-refractivity contribution in [2.45, 2.75) is 137 Å². The van der Waals surface area contributed by atoms with Gasteiger partial charge in [0.05, 0.1) is 0 Å². The molecule has 0 atom stereocenters. The Hall–Kier alpha value is -1.84. The van der Waals surface area contributed by atoms with Crippen LogP contribution in [0.1, 0.15) is 133 Å². The Morgan fingerprint density at radius 1 is 0.606 bits per heavy atom. The highest BCUT2D eigenvalue weighted by Gasteiger charge is 2.14. The van der Waals surface area contributed by atoms with E-state index in [9.17, 15) is 9.59 Å². The fraction of sp³-hybridized carbons (Fsp3) is 0.724. The molecule has 0 spiro atoms. The average molecular weight is 459 g/mol. The number of carbonyl (C=O) groups excluding carboxylic acids is 2. The largest absolute Gasteiger partial charge is 0.326 e. The Bertz CT molecular complexity index is 712. The first-order valence-corrected chi connectivity index (χ1v) is 13.6. The van der Waals surface area contributed by atoms with Crippen LogP contribution >= 0.6 is 0 Å². The Balaban J connectivity index is 2.46. The molecule has 2 amide bonds. The van der Waals surface area contributed by atoms with E-state index in [-0.39, 0.29) is 11.8 Å². The van der Waals surface area contributed by atoms with Gasteiger partial charge in [-0.1, -0.05) is 90.9 Å². The molecule has 0 bridgehead atoms. The van der Waals surface area contributed by atoms with Gasteiger partial charge in [0.15, 0.2) is 0 Å². The number of benzene rings is 1. The topological polar surface area (TPSA) is 58.2 Å². The number of amides is 2. The summed E-state index contributed by atoms with van der Waals surface area (Å²) in [5.41, 5.74) is 4.82. The highest BCUT2D eigenvalue weighted by Crippen LogP contribution is 2.30. The van der Waals surface area contributed by atoms with Crippen molar-refractivity contribution < 1.29 is 9.59 Å². The first-order chi connectivity index (χ1) is 15.9. The summed E-state index contributed by atoms with van der Waals surface area (Å²) in [7, 11) is 0. The first-order valence-electron chi connectivity index (χ1n) is 13.6. The van der Waals surface area contributed by atoms with Gasteiger partial charge in [-0.3, -0.25) is 9.59 Å². The maximum Gasteiger partial charge on any atom is 0.224 e. The molecule has 0 aliphatic carbocycles. The van der Waals surface area contributed by atoms with Crippen LogP contribution in [0.15, 0.2) is 6.07 Å². The smallest absolute Gasteiger partial charge is 0.224 e. The fourth-order valence-corrected chi connectivity index (χ4v) is 4.30. The number of hydrogen-bond donors (Lipinski definition) is 2. The van der Waals surface area contributed by atoms with Gasteiger partial charge >= 0.3 is 0 Å². The third-order valence-electron chi connectivity index (χ3n) is 6.65. The molecule has 1 aromatic carbocycles. The van der Waals surface area contributed by atoms with Crippen molar-refractivity contribution in [2.24, 2.45) is 0 Å². The molecule has 2 N–H and O–H groups in total. The molecule has 0 aromatic heterocycles. The van der Waals surface area contributed by atoms with Gasteiger partial charge in [0.25, 0.3) is 0 Å². The summed E-state index contributed by atoms with van der Waals surface area (Å²) in [4.78, 5) is 24.9. The third-order valence-corrected chi connectivity index (χ3v) is 6.65. The van der Waals surface area contributed by atoms with E-state index in [4.69, 9.17) is 0 Å². The summed E-state index contributed by atoms with van der Waals surface area (Å²) < 4.78 is 0. The number of carbonyl (C=O) groups is 2. The van der Waals surface area contributed by atoms with Gasteiger partial charge in [-0.25, -0.2) is 0 Å². The number of anilines is 2. The zero-order valence-electron chi connectivity index (χ0n) is 22.2. The van der Waals surface area contributed by atoms with Crippen LogP contribution in [0.4, 0.5) is 11.4 Å². The minimum atomic E-state index is 0.0844. The van der Waals surface area contributed by atoms with Gasteiger partial charge in [-0.15, -0.1) is 0 Å². The van der Waals surface area contributed by atoms with E-state index in [2.05, 4.69) is 24.5 Å². The lowest BCUT2D eigenvalue weighted by Gasteiger charge is -2.18. The summed E-state index contributed by atoms with van der Waals surface area (Å²) >= 11 is 0. The molecule has 0 saturated carbocycles. The molecule has 0 unspecified atom stereocenters. The minimum absolute atomic E-state index is 0.0844. The highest BCUT2D eigenvalue weighted by molar-refractivity contribution is 5.95. The summed E-state index contributed by atoms with van der Waals surface area (Å²) in [6, 6.07) is 1.99. The molecule has 1 aromatic rings. The van der Waals surface area contributed by atoms with Crippen molar-refractivity contribution in [2.75, 3.05) is 10.6 Å². The van der Waals surface area contributed by atoms with E-state index < -0.39 is 0 Å². The molecule has 0 saturated heterocycles. The number of rotatable bonds is 18. The van der Waals surface area contributed by atoms with Gasteiger partial charge in [0, 0.05) is 24.2 Å². The summed E-state index contributed by atoms with van der Waals surface area (Å²) in [5.74, 6) is 0.172. The molecule has 4 nitrogen and oxygen atoms in total. The third kappa shape index (κ3) is 12.3. The van der Waals surface area contributed by atoms with Crippen LogP contribution < -0.4 is 10.6 Å². The number of unbranched alkanes of at least 4 members (excludes halogenated alkanes) is 12. The standard InChI is InChI=1S/C29H50N2O2/c1-6-8-10-12-14-16-18-20-27(32)30-26-22-23(3)29(25(5)24(26)4)31-28(33)21-19-17-15-13-11-9-7-2/h22H,6-21H2,1-5H3,(H,30,32)(H,31,33). The molecule has 0 fully saturated rings. The van der Waals surface area contributed by atoms with E-state index in [1.807, 2.05) is 26.8 Å². The van der Waals surface area contributed by atoms with Crippen LogP contribution in [-0.4, -0.2) is 11.8 Å². The lowest BCUT2D eigenvalue weighted by Crippen LogP contribution is -2.16. The fourth-order valence-electron chi connectivity index (χ4n) is 4.30. The molecule has 0 aliphatic heterocycles. The van der Waals surface area contributed by atoms with Gasteiger partial charge in [0.2, 0.25) is 11.8 Å². The predicted molar refractivity (Wildman–Crippen MR) is 143 cm³/mol. The zero-order valence-corrected chi connectivity index (χ0v) is 22.2. The Morgan fingerprint density at radius 2 is 1.03 bits per heavy atom. The van der Waals surface area contributed by atoms with E-state index in [0.29, 0.717) is 12.8 Å². The molecule has 188 valence electrons. The SMILES string of the molecule is CCCCCCCCCC(=O)Nc1cc(C)c(NC(=O)CCCCCCCCC)c(C)c1C. The molecular weight excluding hydrogens is 408 g/mol. The van der Waals surface area contributed by atoms with Crippen LogP contribution in [0.25, 0.3) is 0 Å². The van der Waals surface area contributed by atoms with E-state index >= 15 is 0 Å². The maximum atomic E-state index is 12.5. The van der Waals surface area contributed by atoms with Crippen LogP contribution in [0.2, 0.25) is 0 Å². The summed E-state index contributed by atoms with van der Waals surface area (Å²) in [5, 5.41) is 6.22. The van der Waals surface area contributed by atoms with Gasteiger partial charge in [-0.2, -0.15) is 0 Å². The Labute approximate surface area is 203 Å². The first kappa shape index (κ1) is 29.2. The molecule has 0 heterocycles. The molecule has 1 rings (SSSR count). The molecule has 0 aliphatic rings. The quantitative estimate of drug-likeness (QED) is 0.216. The predicted octanol–water partition coefficient (Wildman–Crippen LogP) is 8.77. The number of hydrogen-bond acceptors (Lipinski definition) is 2. The van der Waals surface area contributed by atoms with E-state index in [0.717, 1.165) is 53.7 Å². The van der Waals surface area contributed by atoms with Crippen LogP contribution in [0.3, 0.4) is 0 Å². The van der Waals surface area contributed by atoms with Gasteiger partial charge in [-0.05, 0) is 56.4 Å². The lowest BCUT2D eigenvalue weighted by molar-refractivity contribution is -0.117. The van der Waals surface area contributed by atoms with Gasteiger partial charge < -0.3 is 10.6 Å². The van der Waals surface area contributed by atoms with E-state index in [1.54, 1.807) is 0 Å². The average Bonchev–Trinajstić information content (AvgIpc) is 2.79. The van der Waals surface area contributed by atoms with Crippen LogP contribution in [-0.2, 0) is 9.59 Å². The van der Waals surface area contributed by atoms with Crippen molar-refractivity contribution in [3.63, 3.8) is 0 Å². The normalized spacial score (nSPS) is 10.9. The maximum absolute atomic E-state index is 12.5. The monoisotopic (exact) mass is 458 g/mol. The Kier molecular flexibility index (Phi) is 15.6. The van der Waals surface area contributed by atoms with Crippen molar-refractivity contribution in [3.05, 3.63) is 22.8 Å². The highest BCUT2D eigenvalue weighted by atomic mass is 16.2. The van der Waals surface area contributed by atoms with Crippen molar-refractivity contribution in [1.29, 1.82) is 0 Å². The zero-order chi connectivity index (χ0) is 24.5. The second kappa shape index (κ2) is 17.6. The molecule has 33 heavy (non-hydrogen) atoms. The van der Waals surface area contributed by atoms with Crippen LogP contribution in [0, 0.1) is 20.8 Å². The number of aryl methyl sites for hydroxylation is 1. The molecule has 4 heteroatoms. The minimum Gasteiger partial charge on any atom is -0.326 e. The van der Waals surface area contributed by atoms with E-state index in [1.165, 1.54) is 64.2 Å². The summed E-state index contributed by atoms with van der Waals surface area (Å²) in [6.45, 7) is 10.5. The molecule has 0 radical (unpaired) electrons. The van der Waals surface area contributed by atoms with Crippen LogP contribution in [0.5, 0.6) is 0 Å². The summed E-state index contributed by atoms with van der Waals surface area (Å²) in [6.07, 6.45) is 18.1. The number of nitrogens with one attached hydrogen (secondary N) is 2.